The lowest BCUT2D eigenvalue weighted by atomic mass is 10.0. The summed E-state index contributed by atoms with van der Waals surface area (Å²) in [5.41, 5.74) is 6.48. The highest BCUT2D eigenvalue weighted by Gasteiger charge is 2.16. The number of sulfone groups is 1. The molecule has 0 fully saturated rings. The zero-order valence-corrected chi connectivity index (χ0v) is 10.5. The van der Waals surface area contributed by atoms with Crippen LogP contribution in [0.3, 0.4) is 0 Å². The predicted octanol–water partition coefficient (Wildman–Crippen LogP) is -0.0448. The van der Waals surface area contributed by atoms with E-state index < -0.39 is 15.9 Å². The lowest BCUT2D eigenvalue weighted by molar-refractivity contribution is -0.119. The average molecular weight is 256 g/mol. The van der Waals surface area contributed by atoms with Gasteiger partial charge in [-0.3, -0.25) is 9.78 Å². The summed E-state index contributed by atoms with van der Waals surface area (Å²) < 4.78 is 21.9. The molecule has 0 aliphatic carbocycles. The molecule has 17 heavy (non-hydrogen) atoms. The molecule has 0 spiro atoms. The minimum atomic E-state index is -3.07. The number of Topliss-reactive ketones (excluding diaryl/α,β-unsaturated/α-hetero) is 1. The van der Waals surface area contributed by atoms with Crippen LogP contribution in [0.2, 0.25) is 0 Å². The van der Waals surface area contributed by atoms with Crippen LogP contribution in [0.25, 0.3) is 0 Å². The fraction of sp³-hybridized carbons (Fsp3) is 0.455. The molecule has 0 bridgehead atoms. The van der Waals surface area contributed by atoms with Gasteiger partial charge in [-0.05, 0) is 24.1 Å². The van der Waals surface area contributed by atoms with Gasteiger partial charge in [0.25, 0.3) is 0 Å². The molecule has 5 nitrogen and oxygen atoms in total. The summed E-state index contributed by atoms with van der Waals surface area (Å²) in [6.07, 6.45) is 4.72. The number of hydrogen-bond acceptors (Lipinski definition) is 5. The van der Waals surface area contributed by atoms with Crippen LogP contribution in [-0.4, -0.2) is 37.2 Å². The van der Waals surface area contributed by atoms with Crippen LogP contribution in [0.15, 0.2) is 24.5 Å². The summed E-state index contributed by atoms with van der Waals surface area (Å²) in [4.78, 5) is 15.5. The normalized spacial score (nSPS) is 13.3. The van der Waals surface area contributed by atoms with Gasteiger partial charge in [0.15, 0.2) is 5.78 Å². The Bertz CT molecular complexity index is 471. The highest BCUT2D eigenvalue weighted by atomic mass is 32.2. The molecule has 1 rings (SSSR count). The largest absolute Gasteiger partial charge is 0.321 e. The monoisotopic (exact) mass is 256 g/mol. The van der Waals surface area contributed by atoms with Gasteiger partial charge in [0, 0.05) is 25.1 Å². The number of nitrogens with two attached hydrogens (primary N) is 1. The zero-order chi connectivity index (χ0) is 12.9. The fourth-order valence-electron chi connectivity index (χ4n) is 1.33. The van der Waals surface area contributed by atoms with Gasteiger partial charge in [-0.25, -0.2) is 8.42 Å². The third-order valence-electron chi connectivity index (χ3n) is 2.34. The summed E-state index contributed by atoms with van der Waals surface area (Å²) in [5, 5.41) is 0. The van der Waals surface area contributed by atoms with Gasteiger partial charge < -0.3 is 5.73 Å². The quantitative estimate of drug-likeness (QED) is 0.771. The minimum Gasteiger partial charge on any atom is -0.321 e. The zero-order valence-electron chi connectivity index (χ0n) is 9.67. The maximum Gasteiger partial charge on any atom is 0.153 e. The van der Waals surface area contributed by atoms with Gasteiger partial charge in [-0.1, -0.05) is 0 Å². The van der Waals surface area contributed by atoms with Gasteiger partial charge in [-0.2, -0.15) is 0 Å². The smallest absolute Gasteiger partial charge is 0.153 e. The maximum atomic E-state index is 11.7. The number of rotatable bonds is 6. The van der Waals surface area contributed by atoms with Gasteiger partial charge in [0.05, 0.1) is 11.8 Å². The van der Waals surface area contributed by atoms with Crippen LogP contribution in [-0.2, 0) is 21.1 Å². The summed E-state index contributed by atoms with van der Waals surface area (Å²) in [7, 11) is -3.07. The predicted molar refractivity (Wildman–Crippen MR) is 65.3 cm³/mol. The van der Waals surface area contributed by atoms with Crippen LogP contribution >= 0.6 is 0 Å². The van der Waals surface area contributed by atoms with E-state index in [0.29, 0.717) is 0 Å². The highest BCUT2D eigenvalue weighted by molar-refractivity contribution is 7.90. The van der Waals surface area contributed by atoms with Crippen molar-refractivity contribution in [2.24, 2.45) is 5.73 Å². The Morgan fingerprint density at radius 1 is 1.41 bits per heavy atom. The van der Waals surface area contributed by atoms with E-state index in [-0.39, 0.29) is 24.4 Å². The van der Waals surface area contributed by atoms with E-state index in [2.05, 4.69) is 4.98 Å². The lowest BCUT2D eigenvalue weighted by Gasteiger charge is -2.09. The Morgan fingerprint density at radius 3 is 2.53 bits per heavy atom. The molecule has 1 heterocycles. The van der Waals surface area contributed by atoms with E-state index >= 15 is 0 Å². The number of hydrogen-bond donors (Lipinski definition) is 1. The van der Waals surface area contributed by atoms with E-state index in [0.717, 1.165) is 11.8 Å². The van der Waals surface area contributed by atoms with Crippen molar-refractivity contribution in [2.75, 3.05) is 12.0 Å². The first-order chi connectivity index (χ1) is 7.88. The number of aromatic nitrogens is 1. The molecule has 0 saturated heterocycles. The first-order valence-electron chi connectivity index (χ1n) is 5.23. The van der Waals surface area contributed by atoms with Gasteiger partial charge in [-0.15, -0.1) is 0 Å². The fourth-order valence-corrected chi connectivity index (χ4v) is 2.02. The van der Waals surface area contributed by atoms with E-state index in [1.807, 2.05) is 0 Å². The first kappa shape index (κ1) is 13.8. The van der Waals surface area contributed by atoms with Crippen molar-refractivity contribution in [2.45, 2.75) is 18.9 Å². The molecule has 1 unspecified atom stereocenters. The van der Waals surface area contributed by atoms with E-state index in [9.17, 15) is 13.2 Å². The third-order valence-corrected chi connectivity index (χ3v) is 3.32. The third kappa shape index (κ3) is 5.55. The molecule has 1 atom stereocenters. The number of carbonyl (C=O) groups excluding carboxylic acids is 1. The van der Waals surface area contributed by atoms with Crippen molar-refractivity contribution >= 4 is 15.6 Å². The first-order valence-corrected chi connectivity index (χ1v) is 7.29. The molecular formula is C11H16N2O3S. The number of carbonyl (C=O) groups is 1. The Labute approximate surface area is 101 Å². The molecule has 0 aromatic carbocycles. The summed E-state index contributed by atoms with van der Waals surface area (Å²) in [6.45, 7) is 0. The van der Waals surface area contributed by atoms with E-state index in [1.165, 1.54) is 0 Å². The Kier molecular flexibility index (Phi) is 4.77. The molecule has 0 saturated carbocycles. The average Bonchev–Trinajstić information content (AvgIpc) is 2.26. The number of nitrogens with zero attached hydrogens (tertiary/aromatic N) is 1. The Hall–Kier alpha value is -1.27. The SMILES string of the molecule is CS(=O)(=O)CCC(N)C(=O)Cc1ccncc1. The second-order valence-corrected chi connectivity index (χ2v) is 6.28. The summed E-state index contributed by atoms with van der Waals surface area (Å²) >= 11 is 0. The lowest BCUT2D eigenvalue weighted by Crippen LogP contribution is -2.33. The van der Waals surface area contributed by atoms with Crippen molar-refractivity contribution in [1.29, 1.82) is 0 Å². The van der Waals surface area contributed by atoms with Crippen LogP contribution in [0, 0.1) is 0 Å². The van der Waals surface area contributed by atoms with Crippen molar-refractivity contribution in [3.63, 3.8) is 0 Å². The Balaban J connectivity index is 2.48. The molecule has 0 aliphatic rings. The van der Waals surface area contributed by atoms with Gasteiger partial charge in [0.1, 0.15) is 9.84 Å². The molecule has 1 aromatic heterocycles. The van der Waals surface area contributed by atoms with E-state index in [4.69, 9.17) is 5.73 Å². The van der Waals surface area contributed by atoms with Crippen molar-refractivity contribution in [3.05, 3.63) is 30.1 Å². The summed E-state index contributed by atoms with van der Waals surface area (Å²) in [6, 6.07) is 2.75. The molecule has 94 valence electrons. The highest BCUT2D eigenvalue weighted by Crippen LogP contribution is 2.03. The van der Waals surface area contributed by atoms with Crippen LogP contribution in [0.4, 0.5) is 0 Å². The number of pyridine rings is 1. The molecule has 0 amide bonds. The van der Waals surface area contributed by atoms with Gasteiger partial charge in [0.2, 0.25) is 0 Å². The second-order valence-electron chi connectivity index (χ2n) is 4.02. The summed E-state index contributed by atoms with van der Waals surface area (Å²) in [5.74, 6) is -0.212. The second kappa shape index (κ2) is 5.88. The van der Waals surface area contributed by atoms with Gasteiger partial charge >= 0.3 is 0 Å². The van der Waals surface area contributed by atoms with Crippen molar-refractivity contribution < 1.29 is 13.2 Å². The van der Waals surface area contributed by atoms with Crippen LogP contribution in [0.1, 0.15) is 12.0 Å². The van der Waals surface area contributed by atoms with E-state index in [1.54, 1.807) is 24.5 Å². The Morgan fingerprint density at radius 2 is 2.00 bits per heavy atom. The van der Waals surface area contributed by atoms with Crippen molar-refractivity contribution in [1.82, 2.24) is 4.98 Å². The molecule has 0 aliphatic heterocycles. The molecular weight excluding hydrogens is 240 g/mol. The molecule has 1 aromatic rings. The van der Waals surface area contributed by atoms with Crippen molar-refractivity contribution in [3.8, 4) is 0 Å². The standard InChI is InChI=1S/C11H16N2O3S/c1-17(15,16)7-4-10(12)11(14)8-9-2-5-13-6-3-9/h2-3,5-6,10H,4,7-8,12H2,1H3. The molecule has 2 N–H and O–H groups in total. The van der Waals surface area contributed by atoms with Crippen LogP contribution < -0.4 is 5.73 Å². The molecule has 0 radical (unpaired) electrons. The minimum absolute atomic E-state index is 0.0593. The van der Waals surface area contributed by atoms with Crippen LogP contribution in [0.5, 0.6) is 0 Å². The maximum absolute atomic E-state index is 11.7. The topological polar surface area (TPSA) is 90.1 Å². The number of ketones is 1. The molecule has 6 heteroatoms.